The highest BCUT2D eigenvalue weighted by molar-refractivity contribution is 5.89. The van der Waals surface area contributed by atoms with Crippen LogP contribution < -0.4 is 19.5 Å². The van der Waals surface area contributed by atoms with Crippen molar-refractivity contribution in [1.82, 2.24) is 10.3 Å². The van der Waals surface area contributed by atoms with Crippen molar-refractivity contribution < 1.29 is 34.0 Å². The number of hydrogen-bond acceptors (Lipinski definition) is 7. The molecule has 0 saturated carbocycles. The van der Waals surface area contributed by atoms with Gasteiger partial charge in [-0.2, -0.15) is 0 Å². The molecule has 0 radical (unpaired) electrons. The Bertz CT molecular complexity index is 953. The summed E-state index contributed by atoms with van der Waals surface area (Å²) in [6.45, 7) is 8.70. The van der Waals surface area contributed by atoms with Crippen molar-refractivity contribution in [2.45, 2.75) is 39.7 Å². The van der Waals surface area contributed by atoms with Gasteiger partial charge in [0.25, 0.3) is 5.88 Å². The van der Waals surface area contributed by atoms with Crippen LogP contribution in [-0.2, 0) is 9.59 Å². The Balaban J connectivity index is 0.000000440. The van der Waals surface area contributed by atoms with Gasteiger partial charge in [-0.25, -0.2) is 14.6 Å². The van der Waals surface area contributed by atoms with Gasteiger partial charge in [0.15, 0.2) is 17.2 Å². The smallest absolute Gasteiger partial charge is 0.328 e. The predicted octanol–water partition coefficient (Wildman–Crippen LogP) is 4.06. The summed E-state index contributed by atoms with van der Waals surface area (Å²) in [5.41, 5.74) is 0.883. The van der Waals surface area contributed by atoms with Crippen LogP contribution in [0.4, 0.5) is 0 Å². The van der Waals surface area contributed by atoms with Crippen LogP contribution in [0.25, 0.3) is 0 Å². The Labute approximate surface area is 199 Å². The van der Waals surface area contributed by atoms with Crippen LogP contribution in [0.5, 0.6) is 23.1 Å². The molecule has 0 unspecified atom stereocenters. The fourth-order valence-corrected chi connectivity index (χ4v) is 3.11. The SMILES string of the molecule is Cc1ccc(OC[C@H]2CCCNC2)c(Oc2ccccc2OC(C)C)n1.O=C(O)/C=C/C(=O)O. The van der Waals surface area contributed by atoms with Crippen LogP contribution >= 0.6 is 0 Å². The molecule has 0 spiro atoms. The van der Waals surface area contributed by atoms with Gasteiger partial charge in [-0.15, -0.1) is 0 Å². The molecule has 1 aliphatic rings. The third-order valence-corrected chi connectivity index (χ3v) is 4.63. The van der Waals surface area contributed by atoms with Crippen molar-refractivity contribution in [2.24, 2.45) is 5.92 Å². The van der Waals surface area contributed by atoms with Crippen molar-refractivity contribution in [3.63, 3.8) is 0 Å². The van der Waals surface area contributed by atoms with Gasteiger partial charge >= 0.3 is 11.9 Å². The van der Waals surface area contributed by atoms with Gasteiger partial charge in [-0.3, -0.25) is 0 Å². The van der Waals surface area contributed by atoms with Crippen LogP contribution in [0, 0.1) is 12.8 Å². The second-order valence-corrected chi connectivity index (χ2v) is 8.00. The van der Waals surface area contributed by atoms with E-state index in [-0.39, 0.29) is 6.10 Å². The second-order valence-electron chi connectivity index (χ2n) is 8.00. The normalized spacial score (nSPS) is 15.4. The first-order valence-electron chi connectivity index (χ1n) is 11.1. The zero-order chi connectivity index (χ0) is 24.9. The van der Waals surface area contributed by atoms with Crippen LogP contribution in [-0.4, -0.2) is 52.9 Å². The standard InChI is InChI=1S/C21H28N2O3.C4H4O4/c1-15(2)25-18-8-4-5-9-19(18)26-21-20(11-10-16(3)23-21)24-14-17-7-6-12-22-13-17;5-3(6)1-2-4(7)8/h4-5,8-11,15,17,22H,6-7,12-14H2,1-3H3;1-2H,(H,5,6)(H,7,8)/b;2-1+/t17-;/m0./s1. The molecule has 2 aromatic rings. The third-order valence-electron chi connectivity index (χ3n) is 4.63. The lowest BCUT2D eigenvalue weighted by Crippen LogP contribution is -2.33. The monoisotopic (exact) mass is 472 g/mol. The summed E-state index contributed by atoms with van der Waals surface area (Å²) in [6, 6.07) is 11.5. The lowest BCUT2D eigenvalue weighted by molar-refractivity contribution is -0.134. The van der Waals surface area contributed by atoms with E-state index in [4.69, 9.17) is 24.4 Å². The number of hydrogen-bond donors (Lipinski definition) is 3. The van der Waals surface area contributed by atoms with E-state index in [1.165, 1.54) is 12.8 Å². The molecule has 1 aromatic heterocycles. The van der Waals surface area contributed by atoms with Crippen molar-refractivity contribution >= 4 is 11.9 Å². The predicted molar refractivity (Wildman–Crippen MR) is 127 cm³/mol. The van der Waals surface area contributed by atoms with Gasteiger partial charge in [0, 0.05) is 30.3 Å². The Morgan fingerprint density at radius 1 is 1.09 bits per heavy atom. The summed E-state index contributed by atoms with van der Waals surface area (Å²) < 4.78 is 18.0. The number of aromatic nitrogens is 1. The molecule has 3 N–H and O–H groups in total. The van der Waals surface area contributed by atoms with E-state index >= 15 is 0 Å². The molecule has 1 fully saturated rings. The fraction of sp³-hybridized carbons (Fsp3) is 0.400. The Hall–Kier alpha value is -3.59. The Morgan fingerprint density at radius 2 is 1.76 bits per heavy atom. The number of carbonyl (C=O) groups is 2. The van der Waals surface area contributed by atoms with Crippen LogP contribution in [0.15, 0.2) is 48.6 Å². The Kier molecular flexibility index (Phi) is 10.9. The molecular formula is C25H32N2O7. The van der Waals surface area contributed by atoms with E-state index in [1.807, 2.05) is 57.2 Å². The molecule has 1 atom stereocenters. The summed E-state index contributed by atoms with van der Waals surface area (Å²) >= 11 is 0. The van der Waals surface area contributed by atoms with E-state index < -0.39 is 11.9 Å². The van der Waals surface area contributed by atoms with Crippen LogP contribution in [0.2, 0.25) is 0 Å². The maximum absolute atomic E-state index is 9.55. The molecule has 184 valence electrons. The molecule has 2 heterocycles. The zero-order valence-electron chi connectivity index (χ0n) is 19.7. The summed E-state index contributed by atoms with van der Waals surface area (Å²) in [5, 5.41) is 19.0. The lowest BCUT2D eigenvalue weighted by Gasteiger charge is -2.23. The zero-order valence-corrected chi connectivity index (χ0v) is 19.7. The van der Waals surface area contributed by atoms with Gasteiger partial charge in [0.1, 0.15) is 0 Å². The summed E-state index contributed by atoms with van der Waals surface area (Å²) in [7, 11) is 0. The molecule has 1 saturated heterocycles. The molecule has 9 nitrogen and oxygen atoms in total. The van der Waals surface area contributed by atoms with Gasteiger partial charge < -0.3 is 29.7 Å². The second kappa shape index (κ2) is 13.8. The van der Waals surface area contributed by atoms with Crippen LogP contribution in [0.3, 0.4) is 0 Å². The van der Waals surface area contributed by atoms with Gasteiger partial charge in [0.05, 0.1) is 12.7 Å². The van der Waals surface area contributed by atoms with Crippen molar-refractivity contribution in [1.29, 1.82) is 0 Å². The number of para-hydroxylation sites is 2. The first kappa shape index (κ1) is 26.7. The van der Waals surface area contributed by atoms with Gasteiger partial charge in [0.2, 0.25) is 0 Å². The number of ether oxygens (including phenoxy) is 3. The number of nitrogens with zero attached hydrogens (tertiary/aromatic N) is 1. The molecule has 0 amide bonds. The Morgan fingerprint density at radius 3 is 2.35 bits per heavy atom. The van der Waals surface area contributed by atoms with Crippen molar-refractivity contribution in [2.75, 3.05) is 19.7 Å². The summed E-state index contributed by atoms with van der Waals surface area (Å²) in [4.78, 5) is 23.6. The first-order valence-corrected chi connectivity index (χ1v) is 11.1. The molecule has 3 rings (SSSR count). The number of carboxylic acids is 2. The topological polar surface area (TPSA) is 127 Å². The average molecular weight is 473 g/mol. The van der Waals surface area contributed by atoms with E-state index in [0.717, 1.165) is 18.8 Å². The maximum atomic E-state index is 9.55. The molecule has 34 heavy (non-hydrogen) atoms. The summed E-state index contributed by atoms with van der Waals surface area (Å²) in [6.07, 6.45) is 3.57. The maximum Gasteiger partial charge on any atom is 0.328 e. The number of carboxylic acid groups (broad SMARTS) is 2. The van der Waals surface area contributed by atoms with E-state index in [9.17, 15) is 9.59 Å². The average Bonchev–Trinajstić information content (AvgIpc) is 2.79. The number of aliphatic carboxylic acids is 2. The fourth-order valence-electron chi connectivity index (χ4n) is 3.11. The van der Waals surface area contributed by atoms with E-state index in [2.05, 4.69) is 10.3 Å². The molecule has 0 bridgehead atoms. The van der Waals surface area contributed by atoms with Crippen LogP contribution in [0.1, 0.15) is 32.4 Å². The highest BCUT2D eigenvalue weighted by Gasteiger charge is 2.17. The number of aryl methyl sites for hydroxylation is 1. The molecular weight excluding hydrogens is 440 g/mol. The third kappa shape index (κ3) is 9.91. The minimum Gasteiger partial charge on any atom is -0.488 e. The molecule has 9 heteroatoms. The molecule has 1 aromatic carbocycles. The highest BCUT2D eigenvalue weighted by atomic mass is 16.5. The van der Waals surface area contributed by atoms with Gasteiger partial charge in [-0.05, 0) is 64.4 Å². The minimum absolute atomic E-state index is 0.0692. The van der Waals surface area contributed by atoms with E-state index in [1.54, 1.807) is 0 Å². The van der Waals surface area contributed by atoms with Crippen molar-refractivity contribution in [3.8, 4) is 23.1 Å². The van der Waals surface area contributed by atoms with E-state index in [0.29, 0.717) is 47.8 Å². The molecule has 1 aliphatic heterocycles. The summed E-state index contributed by atoms with van der Waals surface area (Å²) in [5.74, 6) is 0.500. The number of benzene rings is 1. The number of pyridine rings is 1. The highest BCUT2D eigenvalue weighted by Crippen LogP contribution is 2.35. The largest absolute Gasteiger partial charge is 0.488 e. The van der Waals surface area contributed by atoms with Gasteiger partial charge in [-0.1, -0.05) is 12.1 Å². The van der Waals surface area contributed by atoms with Crippen molar-refractivity contribution in [3.05, 3.63) is 54.2 Å². The first-order chi connectivity index (χ1) is 16.2. The quantitative estimate of drug-likeness (QED) is 0.463. The number of nitrogens with one attached hydrogen (secondary N) is 1. The lowest BCUT2D eigenvalue weighted by atomic mass is 10.0. The molecule has 0 aliphatic carbocycles. The number of piperidine rings is 1. The number of rotatable bonds is 9. The minimum atomic E-state index is -1.26.